The third-order valence-electron chi connectivity index (χ3n) is 4.81. The SMILES string of the molecule is CN=C(NCc1ccnn1C)NC1CCN(c2cc(OC)cc(OC)c2)C1. The van der Waals surface area contributed by atoms with E-state index >= 15 is 0 Å². The maximum absolute atomic E-state index is 5.38. The molecule has 1 saturated heterocycles. The van der Waals surface area contributed by atoms with Gasteiger partial charge in [-0.05, 0) is 12.5 Å². The molecule has 1 aromatic carbocycles. The van der Waals surface area contributed by atoms with Gasteiger partial charge in [-0.2, -0.15) is 5.10 Å². The van der Waals surface area contributed by atoms with Gasteiger partial charge in [0.15, 0.2) is 5.96 Å². The minimum atomic E-state index is 0.319. The molecular formula is C19H28N6O2. The number of aromatic nitrogens is 2. The predicted molar refractivity (Wildman–Crippen MR) is 107 cm³/mol. The van der Waals surface area contributed by atoms with Crippen molar-refractivity contribution in [3.8, 4) is 11.5 Å². The lowest BCUT2D eigenvalue weighted by Gasteiger charge is -2.21. The zero-order chi connectivity index (χ0) is 19.2. The van der Waals surface area contributed by atoms with Crippen molar-refractivity contribution in [2.45, 2.75) is 19.0 Å². The van der Waals surface area contributed by atoms with E-state index in [4.69, 9.17) is 9.47 Å². The van der Waals surface area contributed by atoms with Crippen molar-refractivity contribution in [3.05, 3.63) is 36.2 Å². The van der Waals surface area contributed by atoms with Crippen LogP contribution in [-0.2, 0) is 13.6 Å². The van der Waals surface area contributed by atoms with Gasteiger partial charge in [0.1, 0.15) is 11.5 Å². The first kappa shape index (κ1) is 18.9. The van der Waals surface area contributed by atoms with Gasteiger partial charge in [-0.1, -0.05) is 0 Å². The van der Waals surface area contributed by atoms with Crippen LogP contribution < -0.4 is 25.0 Å². The fourth-order valence-electron chi connectivity index (χ4n) is 3.22. The van der Waals surface area contributed by atoms with E-state index in [-0.39, 0.29) is 0 Å². The standard InChI is InChI=1S/C19H28N6O2/c1-20-19(21-12-15-5-7-22-24(15)2)23-14-6-8-25(13-14)16-9-17(26-3)11-18(10-16)27-4/h5,7,9-11,14H,6,8,12-13H2,1-4H3,(H2,20,21,23). The molecule has 8 nitrogen and oxygen atoms in total. The number of rotatable bonds is 6. The summed E-state index contributed by atoms with van der Waals surface area (Å²) in [4.78, 5) is 6.67. The molecule has 2 aromatic rings. The minimum absolute atomic E-state index is 0.319. The summed E-state index contributed by atoms with van der Waals surface area (Å²) < 4.78 is 12.6. The van der Waals surface area contributed by atoms with Crippen molar-refractivity contribution in [1.29, 1.82) is 0 Å². The third-order valence-corrected chi connectivity index (χ3v) is 4.81. The van der Waals surface area contributed by atoms with Crippen LogP contribution in [0.2, 0.25) is 0 Å². The molecule has 0 amide bonds. The van der Waals surface area contributed by atoms with E-state index < -0.39 is 0 Å². The molecule has 27 heavy (non-hydrogen) atoms. The second-order valence-corrected chi connectivity index (χ2v) is 6.52. The van der Waals surface area contributed by atoms with Crippen LogP contribution in [-0.4, -0.2) is 56.1 Å². The molecule has 0 aliphatic carbocycles. The summed E-state index contributed by atoms with van der Waals surface area (Å²) in [5.41, 5.74) is 2.21. The molecule has 146 valence electrons. The summed E-state index contributed by atoms with van der Waals surface area (Å²) in [6, 6.07) is 8.29. The molecule has 1 atom stereocenters. The highest BCUT2D eigenvalue weighted by Gasteiger charge is 2.24. The van der Waals surface area contributed by atoms with E-state index in [9.17, 15) is 0 Å². The number of methoxy groups -OCH3 is 2. The Kier molecular flexibility index (Phi) is 6.05. The van der Waals surface area contributed by atoms with E-state index in [2.05, 4.69) is 25.6 Å². The molecule has 2 N–H and O–H groups in total. The molecule has 0 saturated carbocycles. The van der Waals surface area contributed by atoms with Crippen molar-refractivity contribution < 1.29 is 9.47 Å². The molecule has 2 heterocycles. The molecule has 0 bridgehead atoms. The van der Waals surface area contributed by atoms with Gasteiger partial charge in [-0.25, -0.2) is 0 Å². The van der Waals surface area contributed by atoms with Crippen molar-refractivity contribution in [3.63, 3.8) is 0 Å². The Labute approximate surface area is 160 Å². The minimum Gasteiger partial charge on any atom is -0.497 e. The summed E-state index contributed by atoms with van der Waals surface area (Å²) in [5, 5.41) is 11.0. The van der Waals surface area contributed by atoms with Crippen molar-refractivity contribution in [2.24, 2.45) is 12.0 Å². The molecule has 1 aliphatic heterocycles. The highest BCUT2D eigenvalue weighted by Crippen LogP contribution is 2.30. The lowest BCUT2D eigenvalue weighted by molar-refractivity contribution is 0.394. The normalized spacial score (nSPS) is 17.1. The number of hydrogen-bond acceptors (Lipinski definition) is 5. The quantitative estimate of drug-likeness (QED) is 0.589. The first-order valence-corrected chi connectivity index (χ1v) is 9.05. The van der Waals surface area contributed by atoms with Gasteiger partial charge in [0.2, 0.25) is 0 Å². The molecular weight excluding hydrogens is 344 g/mol. The van der Waals surface area contributed by atoms with E-state index in [0.29, 0.717) is 12.6 Å². The van der Waals surface area contributed by atoms with Gasteiger partial charge < -0.3 is 25.0 Å². The van der Waals surface area contributed by atoms with Gasteiger partial charge >= 0.3 is 0 Å². The Morgan fingerprint density at radius 2 is 2.00 bits per heavy atom. The van der Waals surface area contributed by atoms with Crippen LogP contribution in [0.5, 0.6) is 11.5 Å². The molecule has 3 rings (SSSR count). The zero-order valence-corrected chi connectivity index (χ0v) is 16.4. The second kappa shape index (κ2) is 8.66. The number of benzene rings is 1. The fraction of sp³-hybridized carbons (Fsp3) is 0.474. The summed E-state index contributed by atoms with van der Waals surface area (Å²) in [6.07, 6.45) is 2.83. The number of ether oxygens (including phenoxy) is 2. The topological polar surface area (TPSA) is 75.9 Å². The van der Waals surface area contributed by atoms with Gasteiger partial charge in [0.25, 0.3) is 0 Å². The lowest BCUT2D eigenvalue weighted by atomic mass is 10.2. The highest BCUT2D eigenvalue weighted by molar-refractivity contribution is 5.80. The molecule has 1 fully saturated rings. The van der Waals surface area contributed by atoms with E-state index in [1.54, 1.807) is 27.5 Å². The van der Waals surface area contributed by atoms with Crippen LogP contribution in [0.1, 0.15) is 12.1 Å². The predicted octanol–water partition coefficient (Wildman–Crippen LogP) is 1.38. The molecule has 0 spiro atoms. The molecule has 0 radical (unpaired) electrons. The average Bonchev–Trinajstić information content (AvgIpc) is 3.33. The van der Waals surface area contributed by atoms with Gasteiger partial charge in [0.05, 0.1) is 26.5 Å². The number of hydrogen-bond donors (Lipinski definition) is 2. The summed E-state index contributed by atoms with van der Waals surface area (Å²) in [6.45, 7) is 2.54. The lowest BCUT2D eigenvalue weighted by Crippen LogP contribution is -2.44. The Hall–Kier alpha value is -2.90. The molecule has 1 aliphatic rings. The number of guanidine groups is 1. The van der Waals surface area contributed by atoms with E-state index in [0.717, 1.165) is 48.4 Å². The van der Waals surface area contributed by atoms with E-state index in [1.807, 2.05) is 36.0 Å². The molecule has 1 unspecified atom stereocenters. The Morgan fingerprint density at radius 3 is 2.59 bits per heavy atom. The molecule has 8 heteroatoms. The Morgan fingerprint density at radius 1 is 1.26 bits per heavy atom. The average molecular weight is 372 g/mol. The number of nitrogens with one attached hydrogen (secondary N) is 2. The smallest absolute Gasteiger partial charge is 0.191 e. The van der Waals surface area contributed by atoms with Crippen LogP contribution in [0.25, 0.3) is 0 Å². The maximum atomic E-state index is 5.38. The van der Waals surface area contributed by atoms with Crippen LogP contribution >= 0.6 is 0 Å². The van der Waals surface area contributed by atoms with Crippen LogP contribution in [0.15, 0.2) is 35.5 Å². The Bertz CT molecular complexity index is 766. The zero-order valence-electron chi connectivity index (χ0n) is 16.4. The summed E-state index contributed by atoms with van der Waals surface area (Å²) >= 11 is 0. The van der Waals surface area contributed by atoms with E-state index in [1.165, 1.54) is 0 Å². The number of aliphatic imine (C=N–C) groups is 1. The summed E-state index contributed by atoms with van der Waals surface area (Å²) in [7, 11) is 7.07. The first-order chi connectivity index (χ1) is 13.1. The monoisotopic (exact) mass is 372 g/mol. The van der Waals surface area contributed by atoms with Crippen LogP contribution in [0.3, 0.4) is 0 Å². The Balaban J connectivity index is 1.58. The highest BCUT2D eigenvalue weighted by atomic mass is 16.5. The van der Waals surface area contributed by atoms with Crippen molar-refractivity contribution in [1.82, 2.24) is 20.4 Å². The third kappa shape index (κ3) is 4.64. The maximum Gasteiger partial charge on any atom is 0.191 e. The largest absolute Gasteiger partial charge is 0.497 e. The fourth-order valence-corrected chi connectivity index (χ4v) is 3.22. The van der Waals surface area contributed by atoms with Gasteiger partial charge in [0, 0.05) is 63.3 Å². The van der Waals surface area contributed by atoms with Crippen molar-refractivity contribution in [2.75, 3.05) is 39.3 Å². The number of anilines is 1. The molecule has 1 aromatic heterocycles. The second-order valence-electron chi connectivity index (χ2n) is 6.52. The number of aryl methyl sites for hydroxylation is 1. The van der Waals surface area contributed by atoms with Gasteiger partial charge in [-0.3, -0.25) is 9.67 Å². The first-order valence-electron chi connectivity index (χ1n) is 9.05. The van der Waals surface area contributed by atoms with Crippen LogP contribution in [0, 0.1) is 0 Å². The van der Waals surface area contributed by atoms with Gasteiger partial charge in [-0.15, -0.1) is 0 Å². The van der Waals surface area contributed by atoms with Crippen LogP contribution in [0.4, 0.5) is 5.69 Å². The van der Waals surface area contributed by atoms with Crippen molar-refractivity contribution >= 4 is 11.6 Å². The number of nitrogens with zero attached hydrogens (tertiary/aromatic N) is 4. The summed E-state index contributed by atoms with van der Waals surface area (Å²) in [5.74, 6) is 2.40.